The number of nitrogens with zero attached hydrogens (tertiary/aromatic N) is 4. The molecule has 1 amide bonds. The highest BCUT2D eigenvalue weighted by molar-refractivity contribution is 7.13. The molecule has 7 rings (SSSR count). The van der Waals surface area contributed by atoms with Crippen molar-refractivity contribution < 1.29 is 14.3 Å². The summed E-state index contributed by atoms with van der Waals surface area (Å²) >= 11 is 1.59. The van der Waals surface area contributed by atoms with Crippen molar-refractivity contribution in [3.63, 3.8) is 0 Å². The summed E-state index contributed by atoms with van der Waals surface area (Å²) in [7, 11) is 0. The molecule has 1 aromatic carbocycles. The van der Waals surface area contributed by atoms with Crippen LogP contribution in [0.15, 0.2) is 72.6 Å². The zero-order valence-electron chi connectivity index (χ0n) is 19.4. The SMILES string of the molecule is O=C1O[C@]2(CCN(C(=O)C3(c4ccc(-c5csc(-c6cccnc6)n5)cc4)CC3)C2)c2ccncc21. The van der Waals surface area contributed by atoms with Gasteiger partial charge in [0.1, 0.15) is 5.01 Å². The van der Waals surface area contributed by atoms with Crippen molar-refractivity contribution in [3.8, 4) is 21.8 Å². The summed E-state index contributed by atoms with van der Waals surface area (Å²) in [5.41, 5.74) is 4.10. The summed E-state index contributed by atoms with van der Waals surface area (Å²) in [5.74, 6) is -0.226. The van der Waals surface area contributed by atoms with E-state index in [1.807, 2.05) is 29.3 Å². The molecule has 0 N–H and O–H groups in total. The maximum absolute atomic E-state index is 13.7. The number of hydrogen-bond acceptors (Lipinski definition) is 7. The molecule has 1 atom stereocenters. The first-order valence-electron chi connectivity index (χ1n) is 12.0. The second-order valence-electron chi connectivity index (χ2n) is 9.72. The van der Waals surface area contributed by atoms with Crippen LogP contribution in [-0.2, 0) is 20.5 Å². The number of pyridine rings is 2. The van der Waals surface area contributed by atoms with Gasteiger partial charge in [-0.25, -0.2) is 9.78 Å². The molecule has 5 heterocycles. The van der Waals surface area contributed by atoms with Crippen molar-refractivity contribution >= 4 is 23.2 Å². The van der Waals surface area contributed by atoms with Crippen LogP contribution in [0.5, 0.6) is 0 Å². The van der Waals surface area contributed by atoms with Crippen LogP contribution in [0.25, 0.3) is 21.8 Å². The fourth-order valence-corrected chi connectivity index (χ4v) is 6.36. The Morgan fingerprint density at radius 2 is 1.81 bits per heavy atom. The summed E-state index contributed by atoms with van der Waals surface area (Å²) in [6.07, 6.45) is 9.08. The van der Waals surface area contributed by atoms with E-state index in [-0.39, 0.29) is 11.9 Å². The minimum absolute atomic E-state index is 0.123. The Balaban J connectivity index is 1.11. The molecule has 4 aromatic rings. The second kappa shape index (κ2) is 7.80. The van der Waals surface area contributed by atoms with Gasteiger partial charge in [0.05, 0.1) is 23.2 Å². The Labute approximate surface area is 211 Å². The standard InChI is InChI=1S/C28H22N4O3S/c33-25-21-15-30-12-7-22(21)28(35-25)10-13-32(17-28)26(34)27(8-9-27)20-5-3-18(4-6-20)23-16-36-24(31-23)19-2-1-11-29-14-19/h1-7,11-12,14-16H,8-10,13,17H2/t28-/m0/s1. The maximum atomic E-state index is 13.7. The number of esters is 1. The molecule has 0 radical (unpaired) electrons. The zero-order valence-corrected chi connectivity index (χ0v) is 20.2. The third kappa shape index (κ3) is 3.21. The smallest absolute Gasteiger partial charge is 0.341 e. The number of hydrogen-bond donors (Lipinski definition) is 0. The lowest BCUT2D eigenvalue weighted by Crippen LogP contribution is -2.40. The van der Waals surface area contributed by atoms with Crippen molar-refractivity contribution in [1.82, 2.24) is 19.9 Å². The van der Waals surface area contributed by atoms with Crippen LogP contribution in [0, 0.1) is 0 Å². The third-order valence-electron chi connectivity index (χ3n) is 7.64. The fraction of sp³-hybridized carbons (Fsp3) is 0.250. The summed E-state index contributed by atoms with van der Waals surface area (Å²) < 4.78 is 5.82. The highest BCUT2D eigenvalue weighted by atomic mass is 32.1. The molecule has 0 bridgehead atoms. The Bertz CT molecular complexity index is 1500. The van der Waals surface area contributed by atoms with Crippen LogP contribution in [-0.4, -0.2) is 44.8 Å². The first-order chi connectivity index (χ1) is 17.6. The van der Waals surface area contributed by atoms with Crippen molar-refractivity contribution in [1.29, 1.82) is 0 Å². The van der Waals surface area contributed by atoms with E-state index < -0.39 is 11.0 Å². The number of carbonyl (C=O) groups is 2. The van der Waals surface area contributed by atoms with E-state index in [1.54, 1.807) is 29.9 Å². The molecular formula is C28H22N4O3S. The lowest BCUT2D eigenvalue weighted by molar-refractivity contribution is -0.134. The Kier molecular flexibility index (Phi) is 4.63. The number of carbonyl (C=O) groups excluding carboxylic acids is 2. The van der Waals surface area contributed by atoms with E-state index >= 15 is 0 Å². The number of amides is 1. The molecular weight excluding hydrogens is 472 g/mol. The normalized spacial score (nSPS) is 21.4. The Morgan fingerprint density at radius 1 is 0.972 bits per heavy atom. The van der Waals surface area contributed by atoms with E-state index in [1.165, 1.54) is 0 Å². The number of thiazole rings is 1. The summed E-state index contributed by atoms with van der Waals surface area (Å²) in [5, 5.41) is 2.99. The molecule has 36 heavy (non-hydrogen) atoms. The molecule has 3 aliphatic rings. The first-order valence-corrected chi connectivity index (χ1v) is 12.9. The molecule has 2 aliphatic heterocycles. The van der Waals surface area contributed by atoms with Gasteiger partial charge in [0.25, 0.3) is 0 Å². The van der Waals surface area contributed by atoms with Crippen molar-refractivity contribution in [2.24, 2.45) is 0 Å². The molecule has 1 saturated carbocycles. The van der Waals surface area contributed by atoms with E-state index in [0.29, 0.717) is 25.1 Å². The van der Waals surface area contributed by atoms with Gasteiger partial charge in [-0.15, -0.1) is 11.3 Å². The van der Waals surface area contributed by atoms with Crippen molar-refractivity contribution in [3.05, 3.63) is 89.3 Å². The average Bonchev–Trinajstić information content (AvgIpc) is 3.27. The molecule has 1 spiro atoms. The van der Waals surface area contributed by atoms with Gasteiger partial charge in [-0.3, -0.25) is 14.8 Å². The number of fused-ring (bicyclic) bond motifs is 2. The molecule has 178 valence electrons. The average molecular weight is 495 g/mol. The Hall–Kier alpha value is -3.91. The molecule has 3 aromatic heterocycles. The van der Waals surface area contributed by atoms with Crippen LogP contribution in [0.2, 0.25) is 0 Å². The van der Waals surface area contributed by atoms with Gasteiger partial charge in [-0.1, -0.05) is 24.3 Å². The highest BCUT2D eigenvalue weighted by Crippen LogP contribution is 2.52. The van der Waals surface area contributed by atoms with Gasteiger partial charge >= 0.3 is 5.97 Å². The van der Waals surface area contributed by atoms with Gasteiger partial charge < -0.3 is 9.64 Å². The van der Waals surface area contributed by atoms with Gasteiger partial charge in [0, 0.05) is 59.8 Å². The number of benzene rings is 1. The fourth-order valence-electron chi connectivity index (χ4n) is 5.54. The maximum Gasteiger partial charge on any atom is 0.341 e. The lowest BCUT2D eigenvalue weighted by atomic mass is 9.92. The van der Waals surface area contributed by atoms with Gasteiger partial charge in [-0.2, -0.15) is 0 Å². The quantitative estimate of drug-likeness (QED) is 0.386. The largest absolute Gasteiger partial charge is 0.449 e. The second-order valence-corrected chi connectivity index (χ2v) is 10.6. The van der Waals surface area contributed by atoms with E-state index in [0.717, 1.165) is 45.8 Å². The van der Waals surface area contributed by atoms with Crippen LogP contribution in [0.1, 0.15) is 40.7 Å². The Morgan fingerprint density at radius 3 is 2.58 bits per heavy atom. The van der Waals surface area contributed by atoms with Crippen LogP contribution < -0.4 is 0 Å². The van der Waals surface area contributed by atoms with Gasteiger partial charge in [0.15, 0.2) is 5.60 Å². The van der Waals surface area contributed by atoms with Crippen LogP contribution in [0.3, 0.4) is 0 Å². The molecule has 8 heteroatoms. The third-order valence-corrected chi connectivity index (χ3v) is 8.54. The topological polar surface area (TPSA) is 85.3 Å². The zero-order chi connectivity index (χ0) is 24.3. The molecule has 1 aliphatic carbocycles. The monoisotopic (exact) mass is 494 g/mol. The molecule has 7 nitrogen and oxygen atoms in total. The first kappa shape index (κ1) is 21.4. The minimum Gasteiger partial charge on any atom is -0.449 e. The number of rotatable bonds is 4. The lowest BCUT2D eigenvalue weighted by Gasteiger charge is -2.27. The number of aromatic nitrogens is 3. The van der Waals surface area contributed by atoms with Gasteiger partial charge in [0.2, 0.25) is 5.91 Å². The van der Waals surface area contributed by atoms with E-state index in [4.69, 9.17) is 9.72 Å². The van der Waals surface area contributed by atoms with Gasteiger partial charge in [-0.05, 0) is 36.6 Å². The predicted octanol–water partition coefficient (Wildman–Crippen LogP) is 4.60. The predicted molar refractivity (Wildman–Crippen MR) is 134 cm³/mol. The minimum atomic E-state index is -0.748. The highest BCUT2D eigenvalue weighted by Gasteiger charge is 2.57. The molecule has 2 fully saturated rings. The molecule has 0 unspecified atom stereocenters. The van der Waals surface area contributed by atoms with Crippen LogP contribution >= 0.6 is 11.3 Å². The summed E-state index contributed by atoms with van der Waals surface area (Å²) in [6.45, 7) is 0.966. The van der Waals surface area contributed by atoms with E-state index in [9.17, 15) is 9.59 Å². The summed E-state index contributed by atoms with van der Waals surface area (Å²) in [4.78, 5) is 41.0. The van der Waals surface area contributed by atoms with Crippen LogP contribution in [0.4, 0.5) is 0 Å². The summed E-state index contributed by atoms with van der Waals surface area (Å²) in [6, 6.07) is 14.0. The van der Waals surface area contributed by atoms with Crippen molar-refractivity contribution in [2.45, 2.75) is 30.3 Å². The van der Waals surface area contributed by atoms with Crippen molar-refractivity contribution in [2.75, 3.05) is 13.1 Å². The van der Waals surface area contributed by atoms with E-state index in [2.05, 4.69) is 39.6 Å². The number of likely N-dealkylation sites (tertiary alicyclic amines) is 1. The number of ether oxygens (including phenoxy) is 1. The molecule has 1 saturated heterocycles.